The van der Waals surface area contributed by atoms with Crippen molar-refractivity contribution in [2.24, 2.45) is 5.41 Å². The third-order valence-electron chi connectivity index (χ3n) is 7.07. The van der Waals surface area contributed by atoms with Crippen LogP contribution >= 0.6 is 11.3 Å². The van der Waals surface area contributed by atoms with E-state index in [0.29, 0.717) is 6.42 Å². The minimum atomic E-state index is -0.915. The van der Waals surface area contributed by atoms with Gasteiger partial charge in [-0.05, 0) is 43.7 Å². The minimum Gasteiger partial charge on any atom is -0.391 e. The second-order valence-corrected chi connectivity index (χ2v) is 13.0. The van der Waals surface area contributed by atoms with Crippen LogP contribution in [-0.2, 0) is 19.2 Å². The number of aliphatic hydroxyl groups is 1. The first-order valence-electron chi connectivity index (χ1n) is 14.0. The van der Waals surface area contributed by atoms with Gasteiger partial charge in [0, 0.05) is 32.4 Å². The number of thiazole rings is 1. The van der Waals surface area contributed by atoms with Crippen LogP contribution in [-0.4, -0.2) is 69.4 Å². The monoisotopic (exact) mass is 585 g/mol. The summed E-state index contributed by atoms with van der Waals surface area (Å²) in [5.41, 5.74) is 3.97. The molecule has 41 heavy (non-hydrogen) atoms. The number of nitrogens with zero attached hydrogens (tertiary/aromatic N) is 2. The van der Waals surface area contributed by atoms with Crippen LogP contribution in [0.3, 0.4) is 0 Å². The maximum Gasteiger partial charge on any atom is 0.246 e. The van der Waals surface area contributed by atoms with E-state index >= 15 is 0 Å². The summed E-state index contributed by atoms with van der Waals surface area (Å²) in [6.45, 7) is 12.6. The molecule has 4 atom stereocenters. The Morgan fingerprint density at radius 3 is 2.29 bits per heavy atom. The molecular weight excluding hydrogens is 542 g/mol. The molecule has 0 aliphatic carbocycles. The number of nitrogens with one attached hydrogen (secondary N) is 3. The summed E-state index contributed by atoms with van der Waals surface area (Å²) in [7, 11) is 0. The molecule has 1 aliphatic rings. The van der Waals surface area contributed by atoms with E-state index in [1.807, 2.05) is 65.8 Å². The lowest BCUT2D eigenvalue weighted by Gasteiger charge is -2.35. The predicted molar refractivity (Wildman–Crippen MR) is 159 cm³/mol. The summed E-state index contributed by atoms with van der Waals surface area (Å²) >= 11 is 1.55. The molecule has 1 fully saturated rings. The molecule has 0 spiro atoms. The van der Waals surface area contributed by atoms with Crippen LogP contribution in [0.15, 0.2) is 29.8 Å². The zero-order valence-corrected chi connectivity index (χ0v) is 25.8. The van der Waals surface area contributed by atoms with Crippen molar-refractivity contribution < 1.29 is 24.3 Å². The van der Waals surface area contributed by atoms with Gasteiger partial charge in [-0.2, -0.15) is 0 Å². The van der Waals surface area contributed by atoms with Crippen molar-refractivity contribution in [2.45, 2.75) is 98.0 Å². The number of benzene rings is 1. The van der Waals surface area contributed by atoms with Crippen LogP contribution < -0.4 is 16.0 Å². The molecule has 4 amide bonds. The fraction of sp³-hybridized carbons (Fsp3) is 0.567. The van der Waals surface area contributed by atoms with E-state index in [-0.39, 0.29) is 37.2 Å². The lowest BCUT2D eigenvalue weighted by Crippen LogP contribution is -2.57. The SMILES string of the molecule is CC(=O)N[C@H](C(=O)N1C[C@H](O)C[C@H]1C(=O)N[C@@H](CCC(=O)NC(C)C)c1ccc(-c2scnc2C)cc1)C(C)(C)C. The fourth-order valence-corrected chi connectivity index (χ4v) is 5.84. The Morgan fingerprint density at radius 2 is 1.76 bits per heavy atom. The lowest BCUT2D eigenvalue weighted by molar-refractivity contribution is -0.144. The average Bonchev–Trinajstić information content (AvgIpc) is 3.49. The summed E-state index contributed by atoms with van der Waals surface area (Å²) in [5.74, 6) is -1.30. The van der Waals surface area contributed by atoms with E-state index in [1.54, 1.807) is 16.8 Å². The normalized spacial score (nSPS) is 18.6. The van der Waals surface area contributed by atoms with Crippen LogP contribution in [0.25, 0.3) is 10.4 Å². The van der Waals surface area contributed by atoms with Crippen LogP contribution in [0.4, 0.5) is 0 Å². The number of rotatable bonds is 10. The molecule has 0 unspecified atom stereocenters. The molecule has 3 rings (SSSR count). The van der Waals surface area contributed by atoms with Gasteiger partial charge in [0.15, 0.2) is 0 Å². The zero-order chi connectivity index (χ0) is 30.5. The summed E-state index contributed by atoms with van der Waals surface area (Å²) in [6.07, 6.45) is -0.241. The van der Waals surface area contributed by atoms with Crippen molar-refractivity contribution in [1.29, 1.82) is 0 Å². The van der Waals surface area contributed by atoms with Gasteiger partial charge in [-0.1, -0.05) is 45.0 Å². The van der Waals surface area contributed by atoms with Crippen LogP contribution in [0, 0.1) is 12.3 Å². The summed E-state index contributed by atoms with van der Waals surface area (Å²) < 4.78 is 0. The van der Waals surface area contributed by atoms with Crippen molar-refractivity contribution in [3.63, 3.8) is 0 Å². The van der Waals surface area contributed by atoms with Gasteiger partial charge in [-0.3, -0.25) is 19.2 Å². The molecule has 2 aromatic rings. The van der Waals surface area contributed by atoms with Gasteiger partial charge in [-0.15, -0.1) is 11.3 Å². The van der Waals surface area contributed by atoms with E-state index in [1.165, 1.54) is 11.8 Å². The Labute approximate surface area is 246 Å². The second-order valence-electron chi connectivity index (χ2n) is 12.1. The van der Waals surface area contributed by atoms with Gasteiger partial charge < -0.3 is 26.0 Å². The van der Waals surface area contributed by atoms with Crippen molar-refractivity contribution in [2.75, 3.05) is 6.54 Å². The molecular formula is C30H43N5O5S. The minimum absolute atomic E-state index is 0.00334. The summed E-state index contributed by atoms with van der Waals surface area (Å²) in [6, 6.07) is 5.52. The largest absolute Gasteiger partial charge is 0.391 e. The number of aryl methyl sites for hydroxylation is 1. The number of amides is 4. The number of hydrogen-bond donors (Lipinski definition) is 4. The Hall–Kier alpha value is -3.31. The zero-order valence-electron chi connectivity index (χ0n) is 25.0. The number of carbonyl (C=O) groups is 4. The van der Waals surface area contributed by atoms with Crippen molar-refractivity contribution in [3.05, 3.63) is 41.0 Å². The standard InChI is InChI=1S/C30H43N5O5S/c1-17(2)32-25(38)13-12-23(20-8-10-21(11-9-20)26-18(3)31-16-41-26)34-28(39)24-14-22(37)15-35(24)29(40)27(30(5,6)7)33-19(4)36/h8-11,16-17,22-24,27,37H,12-15H2,1-7H3,(H,32,38)(H,33,36)(H,34,39)/t22-,23+,24+,27-/m1/s1. The highest BCUT2D eigenvalue weighted by molar-refractivity contribution is 7.13. The Morgan fingerprint density at radius 1 is 1.10 bits per heavy atom. The van der Waals surface area contributed by atoms with Crippen LogP contribution in [0.2, 0.25) is 0 Å². The van der Waals surface area contributed by atoms with E-state index in [0.717, 1.165) is 21.7 Å². The predicted octanol–water partition coefficient (Wildman–Crippen LogP) is 3.09. The third kappa shape index (κ3) is 8.59. The van der Waals surface area contributed by atoms with E-state index in [9.17, 15) is 24.3 Å². The number of aliphatic hydroxyl groups excluding tert-OH is 1. The smallest absolute Gasteiger partial charge is 0.246 e. The van der Waals surface area contributed by atoms with E-state index in [2.05, 4.69) is 20.9 Å². The second kappa shape index (κ2) is 13.6. The highest BCUT2D eigenvalue weighted by Gasteiger charge is 2.44. The molecule has 4 N–H and O–H groups in total. The van der Waals surface area contributed by atoms with Crippen LogP contribution in [0.5, 0.6) is 0 Å². The van der Waals surface area contributed by atoms with E-state index < -0.39 is 41.5 Å². The maximum atomic E-state index is 13.7. The molecule has 1 saturated heterocycles. The quantitative estimate of drug-likeness (QED) is 0.338. The Balaban J connectivity index is 1.85. The molecule has 0 bridgehead atoms. The third-order valence-corrected chi connectivity index (χ3v) is 8.05. The van der Waals surface area contributed by atoms with Gasteiger partial charge in [0.05, 0.1) is 28.2 Å². The lowest BCUT2D eigenvalue weighted by atomic mass is 9.85. The number of hydrogen-bond acceptors (Lipinski definition) is 7. The fourth-order valence-electron chi connectivity index (χ4n) is 5.03. The number of carbonyl (C=O) groups excluding carboxylic acids is 4. The van der Waals surface area contributed by atoms with Crippen LogP contribution in [0.1, 0.15) is 78.1 Å². The number of likely N-dealkylation sites (tertiary alicyclic amines) is 1. The van der Waals surface area contributed by atoms with Crippen molar-refractivity contribution in [1.82, 2.24) is 25.8 Å². The van der Waals surface area contributed by atoms with Crippen molar-refractivity contribution in [3.8, 4) is 10.4 Å². The van der Waals surface area contributed by atoms with Gasteiger partial charge in [0.1, 0.15) is 12.1 Å². The molecule has 1 aliphatic heterocycles. The highest BCUT2D eigenvalue weighted by atomic mass is 32.1. The first kappa shape index (κ1) is 32.2. The number of aromatic nitrogens is 1. The molecule has 2 heterocycles. The van der Waals surface area contributed by atoms with Gasteiger partial charge in [0.25, 0.3) is 0 Å². The van der Waals surface area contributed by atoms with Crippen molar-refractivity contribution >= 4 is 35.0 Å². The Kier molecular flexibility index (Phi) is 10.7. The first-order chi connectivity index (χ1) is 19.2. The van der Waals surface area contributed by atoms with Gasteiger partial charge in [0.2, 0.25) is 23.6 Å². The molecule has 1 aromatic carbocycles. The number of β-amino-alcohol motifs (C(OH)–C–C–N with tert-alkyl or cyclic N) is 1. The first-order valence-corrected chi connectivity index (χ1v) is 14.9. The molecule has 224 valence electrons. The van der Waals surface area contributed by atoms with Gasteiger partial charge in [-0.25, -0.2) is 4.98 Å². The highest BCUT2D eigenvalue weighted by Crippen LogP contribution is 2.30. The maximum absolute atomic E-state index is 13.7. The molecule has 0 radical (unpaired) electrons. The summed E-state index contributed by atoms with van der Waals surface area (Å²) in [4.78, 5) is 58.4. The molecule has 1 aromatic heterocycles. The van der Waals surface area contributed by atoms with Gasteiger partial charge >= 0.3 is 0 Å². The summed E-state index contributed by atoms with van der Waals surface area (Å²) in [5, 5.41) is 19.1. The molecule has 10 nitrogen and oxygen atoms in total. The average molecular weight is 586 g/mol. The molecule has 11 heteroatoms. The van der Waals surface area contributed by atoms with E-state index in [4.69, 9.17) is 0 Å². The molecule has 0 saturated carbocycles. The topological polar surface area (TPSA) is 141 Å². The Bertz CT molecular complexity index is 1240.